The molecule has 0 spiro atoms. The number of hydrogen-bond donors (Lipinski definition) is 1. The maximum atomic E-state index is 6.35. The van der Waals surface area contributed by atoms with Gasteiger partial charge in [-0.3, -0.25) is 0 Å². The molecule has 2 rings (SSSR count). The van der Waals surface area contributed by atoms with Gasteiger partial charge in [-0.15, -0.1) is 0 Å². The van der Waals surface area contributed by atoms with Crippen LogP contribution in [0.4, 0.5) is 0 Å². The van der Waals surface area contributed by atoms with Gasteiger partial charge in [0.25, 0.3) is 0 Å². The highest BCUT2D eigenvalue weighted by molar-refractivity contribution is 4.96. The van der Waals surface area contributed by atoms with E-state index in [-0.39, 0.29) is 5.54 Å². The Labute approximate surface area is 110 Å². The molecule has 2 N–H and O–H groups in total. The number of aromatic nitrogens is 2. The van der Waals surface area contributed by atoms with E-state index in [1.165, 1.54) is 19.3 Å². The predicted molar refractivity (Wildman–Crippen MR) is 72.2 cm³/mol. The van der Waals surface area contributed by atoms with Crippen LogP contribution in [0.3, 0.4) is 0 Å². The van der Waals surface area contributed by atoms with Gasteiger partial charge in [-0.1, -0.05) is 26.2 Å². The minimum Gasteiger partial charge on any atom is -0.373 e. The van der Waals surface area contributed by atoms with Crippen molar-refractivity contribution in [3.05, 3.63) is 18.2 Å². The molecular formula is C14H25N3O. The highest BCUT2D eigenvalue weighted by Gasteiger charge is 2.27. The van der Waals surface area contributed by atoms with E-state index < -0.39 is 0 Å². The van der Waals surface area contributed by atoms with Crippen LogP contribution in [0.1, 0.15) is 51.1 Å². The van der Waals surface area contributed by atoms with Crippen LogP contribution in [0, 0.1) is 0 Å². The van der Waals surface area contributed by atoms with E-state index in [2.05, 4.69) is 16.5 Å². The first-order chi connectivity index (χ1) is 8.73. The van der Waals surface area contributed by atoms with E-state index in [1.54, 1.807) is 0 Å². The zero-order chi connectivity index (χ0) is 12.8. The minimum atomic E-state index is -0.0894. The minimum absolute atomic E-state index is 0.0894. The summed E-state index contributed by atoms with van der Waals surface area (Å²) in [5.41, 5.74) is 7.41. The quantitative estimate of drug-likeness (QED) is 0.845. The molecule has 4 heteroatoms. The van der Waals surface area contributed by atoms with Gasteiger partial charge in [0.05, 0.1) is 31.4 Å². The summed E-state index contributed by atoms with van der Waals surface area (Å²) in [6.45, 7) is 4.47. The summed E-state index contributed by atoms with van der Waals surface area (Å²) in [6.07, 6.45) is 10.9. The van der Waals surface area contributed by atoms with Crippen molar-refractivity contribution in [2.75, 3.05) is 6.61 Å². The van der Waals surface area contributed by atoms with Crippen LogP contribution in [-0.4, -0.2) is 21.7 Å². The van der Waals surface area contributed by atoms with E-state index in [0.717, 1.165) is 31.5 Å². The first-order valence-corrected chi connectivity index (χ1v) is 7.09. The molecule has 0 aliphatic heterocycles. The Balaban J connectivity index is 1.78. The maximum absolute atomic E-state index is 6.35. The van der Waals surface area contributed by atoms with Crippen molar-refractivity contribution in [3.8, 4) is 0 Å². The van der Waals surface area contributed by atoms with E-state index >= 15 is 0 Å². The van der Waals surface area contributed by atoms with Gasteiger partial charge in [0.1, 0.15) is 0 Å². The number of imidazole rings is 1. The largest absolute Gasteiger partial charge is 0.373 e. The maximum Gasteiger partial charge on any atom is 0.0948 e. The van der Waals surface area contributed by atoms with Gasteiger partial charge >= 0.3 is 0 Å². The van der Waals surface area contributed by atoms with Gasteiger partial charge < -0.3 is 15.0 Å². The summed E-state index contributed by atoms with van der Waals surface area (Å²) in [5, 5.41) is 0. The molecule has 0 bridgehead atoms. The Hall–Kier alpha value is -0.870. The van der Waals surface area contributed by atoms with Crippen molar-refractivity contribution < 1.29 is 4.74 Å². The van der Waals surface area contributed by atoms with Crippen LogP contribution in [-0.2, 0) is 17.9 Å². The molecule has 18 heavy (non-hydrogen) atoms. The van der Waals surface area contributed by atoms with Gasteiger partial charge in [-0.25, -0.2) is 4.98 Å². The molecule has 102 valence electrons. The normalized spacial score (nSPS) is 19.0. The monoisotopic (exact) mass is 251 g/mol. The molecule has 0 amide bonds. The summed E-state index contributed by atoms with van der Waals surface area (Å²) in [7, 11) is 0. The Morgan fingerprint density at radius 3 is 2.89 bits per heavy atom. The van der Waals surface area contributed by atoms with Crippen molar-refractivity contribution in [2.45, 2.75) is 64.1 Å². The third-order valence-electron chi connectivity index (χ3n) is 3.75. The summed E-state index contributed by atoms with van der Waals surface area (Å²) >= 11 is 0. The molecular weight excluding hydrogens is 226 g/mol. The average molecular weight is 251 g/mol. The molecule has 0 saturated heterocycles. The number of ether oxygens (including phenoxy) is 1. The second-order valence-corrected chi connectivity index (χ2v) is 5.49. The fraction of sp³-hybridized carbons (Fsp3) is 0.786. The topological polar surface area (TPSA) is 53.1 Å². The number of aryl methyl sites for hydroxylation is 1. The van der Waals surface area contributed by atoms with Crippen LogP contribution >= 0.6 is 0 Å². The van der Waals surface area contributed by atoms with Gasteiger partial charge in [0.15, 0.2) is 0 Å². The van der Waals surface area contributed by atoms with Crippen LogP contribution in [0.25, 0.3) is 0 Å². The van der Waals surface area contributed by atoms with Crippen LogP contribution < -0.4 is 5.73 Å². The number of rotatable bonds is 6. The first-order valence-electron chi connectivity index (χ1n) is 7.09. The fourth-order valence-corrected chi connectivity index (χ4v) is 2.67. The Bertz CT molecular complexity index is 356. The van der Waals surface area contributed by atoms with Gasteiger partial charge in [-0.05, 0) is 19.3 Å². The van der Waals surface area contributed by atoms with Crippen LogP contribution in [0.15, 0.2) is 12.5 Å². The second-order valence-electron chi connectivity index (χ2n) is 5.49. The van der Waals surface area contributed by atoms with Crippen LogP contribution in [0.5, 0.6) is 0 Å². The predicted octanol–water partition coefficient (Wildman–Crippen LogP) is 2.47. The standard InChI is InChI=1S/C14H25N3O/c1-2-8-17-12-16-9-13(17)10-18-11-14(15)6-4-3-5-7-14/h9,12H,2-8,10-11,15H2,1H3. The highest BCUT2D eigenvalue weighted by atomic mass is 16.5. The average Bonchev–Trinajstić information content (AvgIpc) is 2.78. The molecule has 1 aromatic rings. The van der Waals surface area contributed by atoms with E-state index in [9.17, 15) is 0 Å². The van der Waals surface area contributed by atoms with Crippen molar-refractivity contribution in [1.29, 1.82) is 0 Å². The van der Waals surface area contributed by atoms with E-state index in [1.807, 2.05) is 12.5 Å². The fourth-order valence-electron chi connectivity index (χ4n) is 2.67. The van der Waals surface area contributed by atoms with Crippen molar-refractivity contribution in [3.63, 3.8) is 0 Å². The molecule has 1 aliphatic carbocycles. The lowest BCUT2D eigenvalue weighted by Gasteiger charge is -2.33. The number of nitrogens with two attached hydrogens (primary N) is 1. The van der Waals surface area contributed by atoms with Crippen molar-refractivity contribution in [2.24, 2.45) is 5.73 Å². The summed E-state index contributed by atoms with van der Waals surface area (Å²) < 4.78 is 7.98. The number of nitrogens with zero attached hydrogens (tertiary/aromatic N) is 2. The molecule has 0 unspecified atom stereocenters. The van der Waals surface area contributed by atoms with E-state index in [0.29, 0.717) is 13.2 Å². The zero-order valence-electron chi connectivity index (χ0n) is 11.4. The second kappa shape index (κ2) is 6.34. The van der Waals surface area contributed by atoms with Gasteiger partial charge in [0, 0.05) is 12.1 Å². The third-order valence-corrected chi connectivity index (χ3v) is 3.75. The summed E-state index contributed by atoms with van der Waals surface area (Å²) in [5.74, 6) is 0. The lowest BCUT2D eigenvalue weighted by molar-refractivity contribution is 0.0543. The number of hydrogen-bond acceptors (Lipinski definition) is 3. The van der Waals surface area contributed by atoms with Crippen molar-refractivity contribution in [1.82, 2.24) is 9.55 Å². The van der Waals surface area contributed by atoms with Gasteiger partial charge in [0.2, 0.25) is 0 Å². The molecule has 1 saturated carbocycles. The summed E-state index contributed by atoms with van der Waals surface area (Å²) in [4.78, 5) is 4.18. The Kier molecular flexibility index (Phi) is 4.78. The molecule has 1 fully saturated rings. The van der Waals surface area contributed by atoms with E-state index in [4.69, 9.17) is 10.5 Å². The lowest BCUT2D eigenvalue weighted by atomic mass is 9.83. The zero-order valence-corrected chi connectivity index (χ0v) is 11.4. The van der Waals surface area contributed by atoms with Crippen LogP contribution in [0.2, 0.25) is 0 Å². The lowest BCUT2D eigenvalue weighted by Crippen LogP contribution is -2.46. The summed E-state index contributed by atoms with van der Waals surface area (Å²) in [6, 6.07) is 0. The molecule has 1 aromatic heterocycles. The third kappa shape index (κ3) is 3.56. The molecule has 0 radical (unpaired) electrons. The first kappa shape index (κ1) is 13.6. The highest BCUT2D eigenvalue weighted by Crippen LogP contribution is 2.26. The van der Waals surface area contributed by atoms with Crippen molar-refractivity contribution >= 4 is 0 Å². The molecule has 1 heterocycles. The smallest absolute Gasteiger partial charge is 0.0948 e. The van der Waals surface area contributed by atoms with Gasteiger partial charge in [-0.2, -0.15) is 0 Å². The Morgan fingerprint density at radius 1 is 1.39 bits per heavy atom. The Morgan fingerprint density at radius 2 is 2.17 bits per heavy atom. The molecule has 0 atom stereocenters. The molecule has 4 nitrogen and oxygen atoms in total. The SMILES string of the molecule is CCCn1cncc1COCC1(N)CCCCC1. The molecule has 1 aliphatic rings. The molecule has 0 aromatic carbocycles.